The minimum atomic E-state index is 0.653. The Bertz CT molecular complexity index is 471. The second-order valence-corrected chi connectivity index (χ2v) is 4.17. The highest BCUT2D eigenvalue weighted by Crippen LogP contribution is 2.11. The lowest BCUT2D eigenvalue weighted by atomic mass is 10.2. The summed E-state index contributed by atoms with van der Waals surface area (Å²) in [5.74, 6) is 0. The molecule has 2 rings (SSSR count). The number of anilines is 1. The van der Waals surface area contributed by atoms with E-state index in [0.717, 1.165) is 18.7 Å². The number of ether oxygens (including phenoxy) is 1. The molecule has 0 saturated carbocycles. The normalized spacial score (nSPS) is 10.3. The van der Waals surface area contributed by atoms with Gasteiger partial charge in [-0.2, -0.15) is 0 Å². The van der Waals surface area contributed by atoms with Crippen molar-refractivity contribution in [3.05, 3.63) is 59.9 Å². The molecule has 1 aromatic carbocycles. The number of benzene rings is 1. The van der Waals surface area contributed by atoms with Crippen LogP contribution in [0.1, 0.15) is 11.1 Å². The first kappa shape index (κ1) is 12.6. The van der Waals surface area contributed by atoms with E-state index >= 15 is 0 Å². The highest BCUT2D eigenvalue weighted by Gasteiger charge is 1.96. The molecule has 0 atom stereocenters. The molecule has 3 heteroatoms. The van der Waals surface area contributed by atoms with Crippen LogP contribution in [0.4, 0.5) is 5.69 Å². The topological polar surface area (TPSA) is 34.1 Å². The van der Waals surface area contributed by atoms with Gasteiger partial charge in [-0.15, -0.1) is 0 Å². The van der Waals surface area contributed by atoms with Gasteiger partial charge in [0.1, 0.15) is 0 Å². The summed E-state index contributed by atoms with van der Waals surface area (Å²) in [6.45, 7) is 1.57. The fourth-order valence-corrected chi connectivity index (χ4v) is 1.84. The summed E-state index contributed by atoms with van der Waals surface area (Å²) in [6.07, 6.45) is 4.65. The van der Waals surface area contributed by atoms with Gasteiger partial charge < -0.3 is 10.1 Å². The number of hydrogen-bond donors (Lipinski definition) is 1. The lowest BCUT2D eigenvalue weighted by Crippen LogP contribution is -2.05. The first-order valence-electron chi connectivity index (χ1n) is 6.09. The van der Waals surface area contributed by atoms with Crippen LogP contribution in [0, 0.1) is 0 Å². The molecule has 1 aromatic heterocycles. The number of aromatic nitrogens is 1. The largest absolute Gasteiger partial charge is 0.385 e. The minimum absolute atomic E-state index is 0.653. The van der Waals surface area contributed by atoms with Gasteiger partial charge in [-0.05, 0) is 41.8 Å². The van der Waals surface area contributed by atoms with E-state index in [0.29, 0.717) is 6.61 Å². The molecule has 0 bridgehead atoms. The second-order valence-electron chi connectivity index (χ2n) is 4.17. The Morgan fingerprint density at radius 3 is 2.72 bits per heavy atom. The van der Waals surface area contributed by atoms with Crippen LogP contribution in [-0.4, -0.2) is 18.6 Å². The van der Waals surface area contributed by atoms with Crippen molar-refractivity contribution in [3.63, 3.8) is 0 Å². The van der Waals surface area contributed by atoms with Gasteiger partial charge in [-0.25, -0.2) is 0 Å². The van der Waals surface area contributed by atoms with E-state index in [4.69, 9.17) is 4.74 Å². The van der Waals surface area contributed by atoms with Crippen molar-refractivity contribution in [3.8, 4) is 0 Å². The molecular weight excluding hydrogens is 224 g/mol. The SMILES string of the molecule is COCc1cccc(NCCc2ccncc2)c1. The van der Waals surface area contributed by atoms with Crippen LogP contribution in [0.5, 0.6) is 0 Å². The van der Waals surface area contributed by atoms with Crippen LogP contribution in [0.15, 0.2) is 48.8 Å². The van der Waals surface area contributed by atoms with Gasteiger partial charge in [0.2, 0.25) is 0 Å². The smallest absolute Gasteiger partial charge is 0.0713 e. The minimum Gasteiger partial charge on any atom is -0.385 e. The van der Waals surface area contributed by atoms with Gasteiger partial charge in [0.05, 0.1) is 6.61 Å². The number of hydrogen-bond acceptors (Lipinski definition) is 3. The van der Waals surface area contributed by atoms with Crippen molar-refractivity contribution in [1.29, 1.82) is 0 Å². The molecule has 0 amide bonds. The molecule has 1 N–H and O–H groups in total. The van der Waals surface area contributed by atoms with Crippen LogP contribution >= 0.6 is 0 Å². The Hall–Kier alpha value is -1.87. The Kier molecular flexibility index (Phi) is 4.73. The molecular formula is C15H18N2O. The van der Waals surface area contributed by atoms with Crippen LogP contribution in [0.25, 0.3) is 0 Å². The summed E-state index contributed by atoms with van der Waals surface area (Å²) in [5, 5.41) is 3.42. The first-order chi connectivity index (χ1) is 8.88. The Morgan fingerprint density at radius 2 is 1.94 bits per heavy atom. The van der Waals surface area contributed by atoms with E-state index in [1.54, 1.807) is 7.11 Å². The first-order valence-corrected chi connectivity index (χ1v) is 6.09. The van der Waals surface area contributed by atoms with E-state index in [9.17, 15) is 0 Å². The molecule has 94 valence electrons. The number of nitrogens with one attached hydrogen (secondary N) is 1. The summed E-state index contributed by atoms with van der Waals surface area (Å²) < 4.78 is 5.12. The van der Waals surface area contributed by atoms with Crippen LogP contribution < -0.4 is 5.32 Å². The zero-order chi connectivity index (χ0) is 12.6. The summed E-state index contributed by atoms with van der Waals surface area (Å²) in [5.41, 5.74) is 3.62. The Labute approximate surface area is 108 Å². The van der Waals surface area contributed by atoms with Gasteiger partial charge in [-0.3, -0.25) is 4.98 Å². The summed E-state index contributed by atoms with van der Waals surface area (Å²) in [4.78, 5) is 4.01. The fraction of sp³-hybridized carbons (Fsp3) is 0.267. The highest BCUT2D eigenvalue weighted by molar-refractivity contribution is 5.45. The summed E-state index contributed by atoms with van der Waals surface area (Å²) in [6, 6.07) is 12.4. The molecule has 0 radical (unpaired) electrons. The third-order valence-corrected chi connectivity index (χ3v) is 2.73. The third-order valence-electron chi connectivity index (χ3n) is 2.73. The maximum Gasteiger partial charge on any atom is 0.0713 e. The van der Waals surface area contributed by atoms with Gasteiger partial charge in [0.25, 0.3) is 0 Å². The zero-order valence-corrected chi connectivity index (χ0v) is 10.6. The molecule has 0 aliphatic heterocycles. The number of rotatable bonds is 6. The van der Waals surface area contributed by atoms with Gasteiger partial charge in [0, 0.05) is 31.7 Å². The quantitative estimate of drug-likeness (QED) is 0.845. The molecule has 3 nitrogen and oxygen atoms in total. The monoisotopic (exact) mass is 242 g/mol. The fourth-order valence-electron chi connectivity index (χ4n) is 1.84. The summed E-state index contributed by atoms with van der Waals surface area (Å²) >= 11 is 0. The molecule has 0 aliphatic rings. The van der Waals surface area contributed by atoms with Crippen molar-refractivity contribution in [2.75, 3.05) is 19.0 Å². The van der Waals surface area contributed by atoms with Crippen LogP contribution in [-0.2, 0) is 17.8 Å². The van der Waals surface area contributed by atoms with E-state index in [1.807, 2.05) is 30.6 Å². The zero-order valence-electron chi connectivity index (χ0n) is 10.6. The maximum atomic E-state index is 5.12. The molecule has 0 unspecified atom stereocenters. The van der Waals surface area contributed by atoms with Crippen molar-refractivity contribution in [2.24, 2.45) is 0 Å². The second kappa shape index (κ2) is 6.77. The van der Waals surface area contributed by atoms with Crippen molar-refractivity contribution in [1.82, 2.24) is 4.98 Å². The van der Waals surface area contributed by atoms with Crippen molar-refractivity contribution < 1.29 is 4.74 Å². The van der Waals surface area contributed by atoms with E-state index in [-0.39, 0.29) is 0 Å². The molecule has 0 saturated heterocycles. The van der Waals surface area contributed by atoms with Gasteiger partial charge in [-0.1, -0.05) is 12.1 Å². The molecule has 0 aliphatic carbocycles. The Balaban J connectivity index is 1.84. The number of methoxy groups -OCH3 is 1. The molecule has 18 heavy (non-hydrogen) atoms. The van der Waals surface area contributed by atoms with E-state index in [2.05, 4.69) is 28.5 Å². The summed E-state index contributed by atoms with van der Waals surface area (Å²) in [7, 11) is 1.71. The number of nitrogens with zero attached hydrogens (tertiary/aromatic N) is 1. The average Bonchev–Trinajstić information content (AvgIpc) is 2.41. The number of pyridine rings is 1. The van der Waals surface area contributed by atoms with Gasteiger partial charge in [0.15, 0.2) is 0 Å². The molecule has 0 fully saturated rings. The van der Waals surface area contributed by atoms with Crippen molar-refractivity contribution >= 4 is 5.69 Å². The highest BCUT2D eigenvalue weighted by atomic mass is 16.5. The maximum absolute atomic E-state index is 5.12. The lowest BCUT2D eigenvalue weighted by molar-refractivity contribution is 0.185. The molecule has 0 spiro atoms. The Morgan fingerprint density at radius 1 is 1.11 bits per heavy atom. The van der Waals surface area contributed by atoms with Gasteiger partial charge >= 0.3 is 0 Å². The molecule has 1 heterocycles. The standard InChI is InChI=1S/C15H18N2O/c1-18-12-14-3-2-4-15(11-14)17-10-7-13-5-8-16-9-6-13/h2-6,8-9,11,17H,7,10,12H2,1H3. The van der Waals surface area contributed by atoms with Crippen LogP contribution in [0.2, 0.25) is 0 Å². The van der Waals surface area contributed by atoms with Crippen molar-refractivity contribution in [2.45, 2.75) is 13.0 Å². The van der Waals surface area contributed by atoms with E-state index in [1.165, 1.54) is 11.1 Å². The predicted molar refractivity (Wildman–Crippen MR) is 73.6 cm³/mol. The van der Waals surface area contributed by atoms with E-state index < -0.39 is 0 Å². The lowest BCUT2D eigenvalue weighted by Gasteiger charge is -2.08. The van der Waals surface area contributed by atoms with Crippen LogP contribution in [0.3, 0.4) is 0 Å². The molecule has 2 aromatic rings. The predicted octanol–water partition coefficient (Wildman–Crippen LogP) is 2.88. The average molecular weight is 242 g/mol. The third kappa shape index (κ3) is 3.86.